The summed E-state index contributed by atoms with van der Waals surface area (Å²) in [4.78, 5) is 11.9. The Bertz CT molecular complexity index is 517. The Morgan fingerprint density at radius 2 is 1.79 bits per heavy atom. The van der Waals surface area contributed by atoms with Crippen LogP contribution < -0.4 is 4.90 Å². The van der Waals surface area contributed by atoms with Crippen LogP contribution >= 0.6 is 11.8 Å². The van der Waals surface area contributed by atoms with Gasteiger partial charge in [0.1, 0.15) is 5.82 Å². The van der Waals surface area contributed by atoms with E-state index in [0.29, 0.717) is 12.1 Å². The first-order valence-corrected chi connectivity index (χ1v) is 10.4. The van der Waals surface area contributed by atoms with Crippen molar-refractivity contribution in [2.75, 3.05) is 55.7 Å². The van der Waals surface area contributed by atoms with E-state index in [1.165, 1.54) is 24.3 Å². The van der Waals surface area contributed by atoms with Gasteiger partial charge in [-0.2, -0.15) is 11.8 Å². The molecule has 4 rings (SSSR count). The molecule has 0 amide bonds. The number of likely N-dealkylation sites (tertiary alicyclic amines) is 1. The predicted molar refractivity (Wildman–Crippen MR) is 99.7 cm³/mol. The van der Waals surface area contributed by atoms with E-state index in [0.717, 1.165) is 45.1 Å². The number of hydrogen-bond donors (Lipinski definition) is 1. The maximum Gasteiger partial charge on any atom is 0.128 e. The Balaban J connectivity index is 1.32. The van der Waals surface area contributed by atoms with Crippen molar-refractivity contribution in [1.82, 2.24) is 14.8 Å². The van der Waals surface area contributed by atoms with Crippen molar-refractivity contribution in [1.29, 1.82) is 0 Å². The summed E-state index contributed by atoms with van der Waals surface area (Å²) in [6, 6.07) is 7.11. The highest BCUT2D eigenvalue weighted by molar-refractivity contribution is 7.99. The Hall–Kier alpha value is -0.820. The maximum atomic E-state index is 10.6. The number of hydrogen-bond acceptors (Lipinski definition) is 6. The van der Waals surface area contributed by atoms with Crippen LogP contribution in [0.2, 0.25) is 0 Å². The molecule has 5 nitrogen and oxygen atoms in total. The van der Waals surface area contributed by atoms with Crippen molar-refractivity contribution in [3.05, 3.63) is 24.4 Å². The number of piperazine rings is 1. The van der Waals surface area contributed by atoms with Gasteiger partial charge in [0.05, 0.1) is 6.10 Å². The number of thioether (sulfide) groups is 1. The number of nitrogens with zero attached hydrogens (tertiary/aromatic N) is 4. The van der Waals surface area contributed by atoms with Crippen LogP contribution in [0.1, 0.15) is 12.8 Å². The highest BCUT2D eigenvalue weighted by Crippen LogP contribution is 2.27. The highest BCUT2D eigenvalue weighted by atomic mass is 32.2. The number of aliphatic hydroxyl groups excluding tert-OH is 1. The topological polar surface area (TPSA) is 42.8 Å². The molecule has 3 saturated heterocycles. The number of aromatic nitrogens is 1. The first-order chi connectivity index (χ1) is 11.8. The second-order valence-corrected chi connectivity index (χ2v) is 8.37. The van der Waals surface area contributed by atoms with Crippen molar-refractivity contribution >= 4 is 17.6 Å². The standard InChI is InChI=1S/C18H28N4OS/c23-17-14-22(15-4-11-24-12-5-15)13-16(17)20-7-9-21(10-8-20)18-3-1-2-6-19-18/h1-3,6,15-17,23H,4-5,7-14H2/t16-,17-/m0/s1. The van der Waals surface area contributed by atoms with E-state index in [-0.39, 0.29) is 6.10 Å². The van der Waals surface area contributed by atoms with E-state index in [1.54, 1.807) is 0 Å². The summed E-state index contributed by atoms with van der Waals surface area (Å²) in [6.07, 6.45) is 4.25. The van der Waals surface area contributed by atoms with Gasteiger partial charge in [-0.05, 0) is 36.5 Å². The zero-order valence-electron chi connectivity index (χ0n) is 14.3. The van der Waals surface area contributed by atoms with Crippen LogP contribution in [0.5, 0.6) is 0 Å². The number of pyridine rings is 1. The van der Waals surface area contributed by atoms with Crippen LogP contribution in [0.4, 0.5) is 5.82 Å². The predicted octanol–water partition coefficient (Wildman–Crippen LogP) is 1.14. The molecule has 0 aliphatic carbocycles. The van der Waals surface area contributed by atoms with E-state index in [9.17, 15) is 5.11 Å². The summed E-state index contributed by atoms with van der Waals surface area (Å²) in [5.41, 5.74) is 0. The second kappa shape index (κ2) is 7.60. The van der Waals surface area contributed by atoms with Crippen LogP contribution in [0, 0.1) is 0 Å². The third-order valence-electron chi connectivity index (χ3n) is 5.75. The molecule has 0 aromatic carbocycles. The van der Waals surface area contributed by atoms with Crippen LogP contribution in [-0.2, 0) is 0 Å². The molecular formula is C18H28N4OS. The highest BCUT2D eigenvalue weighted by Gasteiger charge is 2.39. The summed E-state index contributed by atoms with van der Waals surface area (Å²) in [5, 5.41) is 10.6. The van der Waals surface area contributed by atoms with Gasteiger partial charge in [-0.1, -0.05) is 6.07 Å². The lowest BCUT2D eigenvalue weighted by Gasteiger charge is -2.39. The van der Waals surface area contributed by atoms with Crippen molar-refractivity contribution in [2.24, 2.45) is 0 Å². The third kappa shape index (κ3) is 3.57. The molecular weight excluding hydrogens is 320 g/mol. The van der Waals surface area contributed by atoms with Gasteiger partial charge < -0.3 is 10.0 Å². The minimum Gasteiger partial charge on any atom is -0.390 e. The Labute approximate surface area is 149 Å². The SMILES string of the molecule is O[C@H]1CN(C2CCSCC2)C[C@@H]1N1CCN(c2ccccn2)CC1. The number of β-amino-alcohol motifs (C(OH)–C–C–N with tert-alkyl or cyclic N) is 1. The summed E-state index contributed by atoms with van der Waals surface area (Å²) < 4.78 is 0. The molecule has 3 aliphatic heterocycles. The molecule has 132 valence electrons. The summed E-state index contributed by atoms with van der Waals surface area (Å²) in [5.74, 6) is 3.64. The zero-order chi connectivity index (χ0) is 16.4. The summed E-state index contributed by atoms with van der Waals surface area (Å²) in [7, 11) is 0. The Morgan fingerprint density at radius 1 is 1.00 bits per heavy atom. The molecule has 3 fully saturated rings. The van der Waals surface area contributed by atoms with Crippen LogP contribution in [0.3, 0.4) is 0 Å². The lowest BCUT2D eigenvalue weighted by molar-refractivity contribution is 0.0789. The zero-order valence-corrected chi connectivity index (χ0v) is 15.1. The van der Waals surface area contributed by atoms with Crippen molar-refractivity contribution in [3.63, 3.8) is 0 Å². The minimum absolute atomic E-state index is 0.194. The van der Waals surface area contributed by atoms with E-state index < -0.39 is 0 Å². The summed E-state index contributed by atoms with van der Waals surface area (Å²) >= 11 is 2.07. The van der Waals surface area contributed by atoms with Gasteiger partial charge in [0, 0.05) is 57.5 Å². The Morgan fingerprint density at radius 3 is 2.50 bits per heavy atom. The average Bonchev–Trinajstić information content (AvgIpc) is 3.05. The fraction of sp³-hybridized carbons (Fsp3) is 0.722. The number of aliphatic hydroxyl groups is 1. The molecule has 0 radical (unpaired) electrons. The van der Waals surface area contributed by atoms with Gasteiger partial charge in [0.2, 0.25) is 0 Å². The second-order valence-electron chi connectivity index (χ2n) is 7.14. The van der Waals surface area contributed by atoms with Crippen molar-refractivity contribution in [3.8, 4) is 0 Å². The molecule has 0 spiro atoms. The summed E-state index contributed by atoms with van der Waals surface area (Å²) in [6.45, 7) is 5.94. The fourth-order valence-electron chi connectivity index (χ4n) is 4.33. The first-order valence-electron chi connectivity index (χ1n) is 9.21. The molecule has 1 N–H and O–H groups in total. The average molecular weight is 349 g/mol. The number of anilines is 1. The van der Waals surface area contributed by atoms with Gasteiger partial charge in [0.25, 0.3) is 0 Å². The minimum atomic E-state index is -0.194. The monoisotopic (exact) mass is 348 g/mol. The molecule has 2 atom stereocenters. The normalized spacial score (nSPS) is 30.8. The maximum absolute atomic E-state index is 10.6. The number of rotatable bonds is 3. The first kappa shape index (κ1) is 16.6. The van der Waals surface area contributed by atoms with E-state index in [2.05, 4.69) is 43.6 Å². The molecule has 1 aromatic rings. The van der Waals surface area contributed by atoms with E-state index >= 15 is 0 Å². The van der Waals surface area contributed by atoms with Crippen LogP contribution in [0.25, 0.3) is 0 Å². The lowest BCUT2D eigenvalue weighted by atomic mass is 10.1. The van der Waals surface area contributed by atoms with Crippen molar-refractivity contribution in [2.45, 2.75) is 31.0 Å². The molecule has 3 aliphatic rings. The van der Waals surface area contributed by atoms with E-state index in [1.807, 2.05) is 12.3 Å². The molecule has 1 aromatic heterocycles. The molecule has 24 heavy (non-hydrogen) atoms. The largest absolute Gasteiger partial charge is 0.390 e. The van der Waals surface area contributed by atoms with Crippen molar-refractivity contribution < 1.29 is 5.11 Å². The van der Waals surface area contributed by atoms with Gasteiger partial charge >= 0.3 is 0 Å². The van der Waals surface area contributed by atoms with Gasteiger partial charge in [0.15, 0.2) is 0 Å². The van der Waals surface area contributed by atoms with Gasteiger partial charge in [-0.3, -0.25) is 9.80 Å². The molecule has 6 heteroatoms. The van der Waals surface area contributed by atoms with Crippen LogP contribution in [0.15, 0.2) is 24.4 Å². The molecule has 4 heterocycles. The smallest absolute Gasteiger partial charge is 0.128 e. The van der Waals surface area contributed by atoms with Gasteiger partial charge in [-0.15, -0.1) is 0 Å². The van der Waals surface area contributed by atoms with E-state index in [4.69, 9.17) is 0 Å². The molecule has 0 saturated carbocycles. The molecule has 0 unspecified atom stereocenters. The van der Waals surface area contributed by atoms with Gasteiger partial charge in [-0.25, -0.2) is 4.98 Å². The van der Waals surface area contributed by atoms with Crippen LogP contribution in [-0.4, -0.2) is 88.9 Å². The fourth-order valence-corrected chi connectivity index (χ4v) is 5.41. The quantitative estimate of drug-likeness (QED) is 0.884. The Kier molecular flexibility index (Phi) is 5.27. The lowest BCUT2D eigenvalue weighted by Crippen LogP contribution is -2.54. The molecule has 0 bridgehead atoms. The third-order valence-corrected chi connectivity index (χ3v) is 6.80.